The van der Waals surface area contributed by atoms with Gasteiger partial charge in [0, 0.05) is 18.5 Å². The molecule has 4 nitrogen and oxygen atoms in total. The van der Waals surface area contributed by atoms with Gasteiger partial charge in [0.2, 0.25) is 5.91 Å². The first kappa shape index (κ1) is 19.9. The fourth-order valence-corrected chi connectivity index (χ4v) is 3.24. The Morgan fingerprint density at radius 2 is 1.75 bits per heavy atom. The van der Waals surface area contributed by atoms with Gasteiger partial charge in [-0.15, -0.1) is 0 Å². The second-order valence-corrected chi connectivity index (χ2v) is 7.15. The highest BCUT2D eigenvalue weighted by molar-refractivity contribution is 5.75. The minimum Gasteiger partial charge on any atom is -0.352 e. The van der Waals surface area contributed by atoms with E-state index in [2.05, 4.69) is 40.4 Å². The molecule has 1 aromatic heterocycles. The molecule has 4 heteroatoms. The molecule has 0 bridgehead atoms. The molecule has 0 aliphatic rings. The van der Waals surface area contributed by atoms with Crippen LogP contribution in [0.1, 0.15) is 51.0 Å². The van der Waals surface area contributed by atoms with Crippen molar-refractivity contribution < 1.29 is 4.79 Å². The third-order valence-corrected chi connectivity index (χ3v) is 4.86. The standard InChI is InChI=1S/C24H29N3O/c1-2-3-4-5-9-15-23(28)25-17-19-11-10-14-21(16-19)24-26-18-22(27-24)20-12-7-6-8-13-20/h6-8,10-14,16,18H,2-5,9,15,17H2,1H3,(H,25,28)(H,26,27). The summed E-state index contributed by atoms with van der Waals surface area (Å²) in [5, 5.41) is 3.03. The summed E-state index contributed by atoms with van der Waals surface area (Å²) in [6, 6.07) is 18.3. The van der Waals surface area contributed by atoms with Crippen LogP contribution >= 0.6 is 0 Å². The van der Waals surface area contributed by atoms with Crippen molar-refractivity contribution >= 4 is 5.91 Å². The van der Waals surface area contributed by atoms with Crippen LogP contribution in [-0.4, -0.2) is 15.9 Å². The number of aromatic amines is 1. The Hall–Kier alpha value is -2.88. The van der Waals surface area contributed by atoms with Crippen molar-refractivity contribution in [1.82, 2.24) is 15.3 Å². The van der Waals surface area contributed by atoms with Crippen LogP contribution in [0.15, 0.2) is 60.8 Å². The summed E-state index contributed by atoms with van der Waals surface area (Å²) in [6.07, 6.45) is 8.29. The van der Waals surface area contributed by atoms with Crippen molar-refractivity contribution in [1.29, 1.82) is 0 Å². The molecule has 0 aliphatic heterocycles. The van der Waals surface area contributed by atoms with Gasteiger partial charge in [0.05, 0.1) is 11.9 Å². The van der Waals surface area contributed by atoms with Crippen molar-refractivity contribution in [2.75, 3.05) is 0 Å². The number of nitrogens with zero attached hydrogens (tertiary/aromatic N) is 1. The average molecular weight is 376 g/mol. The van der Waals surface area contributed by atoms with Crippen molar-refractivity contribution in [3.05, 3.63) is 66.4 Å². The fraction of sp³-hybridized carbons (Fsp3) is 0.333. The van der Waals surface area contributed by atoms with E-state index in [1.165, 1.54) is 19.3 Å². The van der Waals surface area contributed by atoms with Gasteiger partial charge < -0.3 is 10.3 Å². The molecule has 2 aromatic carbocycles. The molecule has 3 rings (SSSR count). The zero-order valence-corrected chi connectivity index (χ0v) is 16.6. The lowest BCUT2D eigenvalue weighted by molar-refractivity contribution is -0.121. The highest BCUT2D eigenvalue weighted by Gasteiger charge is 2.07. The molecule has 146 valence electrons. The number of imidazole rings is 1. The summed E-state index contributed by atoms with van der Waals surface area (Å²) in [4.78, 5) is 19.9. The number of benzene rings is 2. The van der Waals surface area contributed by atoms with Crippen LogP contribution in [0.3, 0.4) is 0 Å². The number of carbonyl (C=O) groups excluding carboxylic acids is 1. The largest absolute Gasteiger partial charge is 0.352 e. The third-order valence-electron chi connectivity index (χ3n) is 4.86. The van der Waals surface area contributed by atoms with Crippen molar-refractivity contribution in [3.8, 4) is 22.6 Å². The van der Waals surface area contributed by atoms with Gasteiger partial charge in [0.1, 0.15) is 5.82 Å². The molecule has 28 heavy (non-hydrogen) atoms. The molecule has 0 unspecified atom stereocenters. The molecule has 2 N–H and O–H groups in total. The Morgan fingerprint density at radius 3 is 2.57 bits per heavy atom. The molecule has 0 spiro atoms. The quantitative estimate of drug-likeness (QED) is 0.445. The predicted molar refractivity (Wildman–Crippen MR) is 115 cm³/mol. The van der Waals surface area contributed by atoms with Gasteiger partial charge in [-0.25, -0.2) is 4.98 Å². The van der Waals surface area contributed by atoms with Crippen LogP contribution in [0, 0.1) is 0 Å². The van der Waals surface area contributed by atoms with Crippen LogP contribution in [0.2, 0.25) is 0 Å². The first-order chi connectivity index (χ1) is 13.8. The first-order valence-electron chi connectivity index (χ1n) is 10.2. The van der Waals surface area contributed by atoms with Gasteiger partial charge >= 0.3 is 0 Å². The Bertz CT molecular complexity index is 870. The first-order valence-corrected chi connectivity index (χ1v) is 10.2. The van der Waals surface area contributed by atoms with Gasteiger partial charge in [-0.3, -0.25) is 4.79 Å². The van der Waals surface area contributed by atoms with Crippen molar-refractivity contribution in [2.24, 2.45) is 0 Å². The molecular formula is C24H29N3O. The van der Waals surface area contributed by atoms with Crippen LogP contribution in [0.4, 0.5) is 0 Å². The fourth-order valence-electron chi connectivity index (χ4n) is 3.24. The smallest absolute Gasteiger partial charge is 0.220 e. The van der Waals surface area contributed by atoms with E-state index in [0.29, 0.717) is 13.0 Å². The molecule has 1 amide bonds. The summed E-state index contributed by atoms with van der Waals surface area (Å²) in [7, 11) is 0. The number of hydrogen-bond donors (Lipinski definition) is 2. The van der Waals surface area contributed by atoms with Gasteiger partial charge in [-0.1, -0.05) is 81.1 Å². The Kier molecular flexibility index (Phi) is 7.42. The van der Waals surface area contributed by atoms with Crippen LogP contribution < -0.4 is 5.32 Å². The van der Waals surface area contributed by atoms with Crippen molar-refractivity contribution in [3.63, 3.8) is 0 Å². The summed E-state index contributed by atoms with van der Waals surface area (Å²) in [5.74, 6) is 0.967. The van der Waals surface area contributed by atoms with E-state index in [-0.39, 0.29) is 5.91 Å². The number of hydrogen-bond acceptors (Lipinski definition) is 2. The number of nitrogens with one attached hydrogen (secondary N) is 2. The van der Waals surface area contributed by atoms with Crippen LogP contribution in [-0.2, 0) is 11.3 Å². The molecule has 0 saturated heterocycles. The number of rotatable bonds is 10. The molecule has 0 saturated carbocycles. The van der Waals surface area contributed by atoms with Gasteiger partial charge in [-0.2, -0.15) is 0 Å². The number of aromatic nitrogens is 2. The Balaban J connectivity index is 1.54. The van der Waals surface area contributed by atoms with E-state index in [4.69, 9.17) is 0 Å². The van der Waals surface area contributed by atoms with Gasteiger partial charge in [0.25, 0.3) is 0 Å². The maximum absolute atomic E-state index is 12.0. The number of unbranched alkanes of at least 4 members (excludes halogenated alkanes) is 4. The molecule has 1 heterocycles. The zero-order chi connectivity index (χ0) is 19.6. The lowest BCUT2D eigenvalue weighted by Gasteiger charge is -2.07. The lowest BCUT2D eigenvalue weighted by Crippen LogP contribution is -2.22. The number of amides is 1. The van der Waals surface area contributed by atoms with Crippen LogP contribution in [0.5, 0.6) is 0 Å². The topological polar surface area (TPSA) is 57.8 Å². The minimum atomic E-state index is 0.131. The van der Waals surface area contributed by atoms with E-state index in [1.807, 2.05) is 42.6 Å². The monoisotopic (exact) mass is 375 g/mol. The van der Waals surface area contributed by atoms with E-state index in [0.717, 1.165) is 41.1 Å². The van der Waals surface area contributed by atoms with E-state index in [1.54, 1.807) is 0 Å². The van der Waals surface area contributed by atoms with Gasteiger partial charge in [-0.05, 0) is 23.6 Å². The highest BCUT2D eigenvalue weighted by Crippen LogP contribution is 2.22. The van der Waals surface area contributed by atoms with Crippen molar-refractivity contribution in [2.45, 2.75) is 52.0 Å². The number of H-pyrrole nitrogens is 1. The SMILES string of the molecule is CCCCCCCC(=O)NCc1cccc(-c2ncc(-c3ccccc3)[nH]2)c1. The average Bonchev–Trinajstić information content (AvgIpc) is 3.23. The predicted octanol–water partition coefficient (Wildman–Crippen LogP) is 5.72. The highest BCUT2D eigenvalue weighted by atomic mass is 16.1. The van der Waals surface area contributed by atoms with E-state index < -0.39 is 0 Å². The second-order valence-electron chi connectivity index (χ2n) is 7.15. The molecule has 3 aromatic rings. The Labute approximate surface area is 167 Å². The minimum absolute atomic E-state index is 0.131. The normalized spacial score (nSPS) is 10.8. The number of carbonyl (C=O) groups is 1. The molecule has 0 aliphatic carbocycles. The lowest BCUT2D eigenvalue weighted by atomic mass is 10.1. The summed E-state index contributed by atoms with van der Waals surface area (Å²) in [5.41, 5.74) is 4.21. The maximum Gasteiger partial charge on any atom is 0.220 e. The zero-order valence-electron chi connectivity index (χ0n) is 16.6. The molecule has 0 fully saturated rings. The molecule has 0 radical (unpaired) electrons. The van der Waals surface area contributed by atoms with Crippen LogP contribution in [0.25, 0.3) is 22.6 Å². The third kappa shape index (κ3) is 5.81. The maximum atomic E-state index is 12.0. The molecular weight excluding hydrogens is 346 g/mol. The Morgan fingerprint density at radius 1 is 0.964 bits per heavy atom. The second kappa shape index (κ2) is 10.5. The molecule has 0 atom stereocenters. The summed E-state index contributed by atoms with van der Waals surface area (Å²) >= 11 is 0. The summed E-state index contributed by atoms with van der Waals surface area (Å²) < 4.78 is 0. The summed E-state index contributed by atoms with van der Waals surface area (Å²) in [6.45, 7) is 2.75. The van der Waals surface area contributed by atoms with E-state index >= 15 is 0 Å². The van der Waals surface area contributed by atoms with Gasteiger partial charge in [0.15, 0.2) is 0 Å². The van der Waals surface area contributed by atoms with E-state index in [9.17, 15) is 4.79 Å².